The molecular weight excluding hydrogens is 1040 g/mol. The Hall–Kier alpha value is -7.07. The molecule has 0 aliphatic carbocycles. The number of rotatable bonds is 12. The normalized spacial score (nSPS) is 18.3. The molecule has 3 heterocycles. The van der Waals surface area contributed by atoms with Crippen molar-refractivity contribution < 1.29 is 103 Å². The topological polar surface area (TPSA) is 240 Å². The Kier molecular flexibility index (Phi) is 37.0. The maximum absolute atomic E-state index is 12.3. The fraction of sp³-hybridized carbons (Fsp3) is 0.509. The third kappa shape index (κ3) is 33.7. The van der Waals surface area contributed by atoms with Crippen LogP contribution in [0.15, 0.2) is 15.0 Å². The number of aliphatic imine (C=N–C) groups is 3. The molecule has 0 fully saturated rings. The van der Waals surface area contributed by atoms with E-state index in [1.165, 1.54) is 11.7 Å². The summed E-state index contributed by atoms with van der Waals surface area (Å²) in [6.45, 7) is 21.8. The Labute approximate surface area is 487 Å². The first-order chi connectivity index (χ1) is 35.0. The Morgan fingerprint density at radius 2 is 1.11 bits per heavy atom. The van der Waals surface area contributed by atoms with E-state index in [9.17, 15) is 31.2 Å². The molecule has 4 unspecified atom stereocenters. The highest BCUT2D eigenvalue weighted by molar-refractivity contribution is 7.86. The highest BCUT2D eigenvalue weighted by Crippen LogP contribution is 2.24. The van der Waals surface area contributed by atoms with E-state index in [0.717, 1.165) is 78.1 Å². The van der Waals surface area contributed by atoms with Crippen molar-refractivity contribution in [3.05, 3.63) is 0 Å². The van der Waals surface area contributed by atoms with Crippen molar-refractivity contribution in [1.29, 1.82) is 0 Å². The zero-order valence-corrected chi connectivity index (χ0v) is 48.2. The zero-order valence-electron chi connectivity index (χ0n) is 45.8. The molecule has 1 N–H and O–H groups in total. The number of quaternary nitrogens is 3. The summed E-state index contributed by atoms with van der Waals surface area (Å²) in [4.78, 5) is 51.0. The first-order valence-corrected chi connectivity index (χ1v) is 26.5. The average molecular weight is 1150 g/mol. The van der Waals surface area contributed by atoms with Crippen molar-refractivity contribution in [3.8, 4) is 119 Å². The number of hydrogen-bond donors (Lipinski definition) is 1. The number of halogens is 1. The summed E-state index contributed by atoms with van der Waals surface area (Å²) in [6.07, 6.45) is 7.17. The van der Waals surface area contributed by atoms with Crippen LogP contribution >= 0.6 is 0 Å². The number of carbonyl (C=O) groups excluding carboxylic acids is 3. The van der Waals surface area contributed by atoms with Gasteiger partial charge in [0.1, 0.15) is 38.3 Å². The van der Waals surface area contributed by atoms with E-state index in [2.05, 4.69) is 185 Å². The van der Waals surface area contributed by atoms with Gasteiger partial charge in [-0.05, 0) is 115 Å². The van der Waals surface area contributed by atoms with Gasteiger partial charge in [-0.1, -0.05) is 0 Å². The molecule has 3 aliphatic heterocycles. The van der Waals surface area contributed by atoms with Crippen molar-refractivity contribution >= 4 is 55.5 Å². The number of nitrogens with zero attached hydrogens (tertiary/aromatic N) is 8. The molecule has 0 radical (unpaired) electrons. The lowest BCUT2D eigenvalue weighted by atomic mass is 10.1. The van der Waals surface area contributed by atoms with Gasteiger partial charge in [-0.2, -0.15) is 0 Å². The quantitative estimate of drug-likeness (QED) is 0.115. The van der Waals surface area contributed by atoms with Gasteiger partial charge in [-0.25, -0.2) is 31.8 Å². The fourth-order valence-electron chi connectivity index (χ4n) is 6.01. The van der Waals surface area contributed by atoms with Gasteiger partial charge in [0.25, 0.3) is 26.1 Å². The Morgan fingerprint density at radius 3 is 1.41 bits per heavy atom. The summed E-state index contributed by atoms with van der Waals surface area (Å²) >= 11 is 0. The van der Waals surface area contributed by atoms with Crippen LogP contribution in [0.25, 0.3) is 0 Å². The molecule has 0 aromatic rings. The van der Waals surface area contributed by atoms with Crippen LogP contribution in [0.5, 0.6) is 0 Å². The summed E-state index contributed by atoms with van der Waals surface area (Å²) in [5, 5.41) is 20.5. The van der Waals surface area contributed by atoms with Gasteiger partial charge in [-0.15, -0.1) is 6.42 Å². The SMILES string of the molecule is C#CC#CC#CC#CC#CC#CC#CC#CC#CC#CC(=O)N(CC)CC[N+]1(C)CCN=C1C.CC(=O)N(C)CCC1=NC(C)C(C)[N+]1(C)C.CC(=O)NCC[N+]1(C)CCN=C1C.CS(=O)(=O)O[O-].CS(=O)(=O)O[O-].[Cl-].[HH].[HH].[HH].[HH].[HH].[HH].[HH].[HH].[HH].[HH].[HH].[HH].[HH].[HH].[HH].[HH].[HH].[HH].[HH]. The molecule has 20 nitrogen and oxygen atoms in total. The van der Waals surface area contributed by atoms with E-state index in [-0.39, 0.29) is 57.2 Å². The standard InChI is InChI=1S/C30H20N3O.C12H24N3O.C9H17N3O.2CH4O4S.ClH.19H2/c1-5-7-8-9-10-11-12-13-14-15-16-17-18-19-20-21-22-23-24-30(34)32(6-2)26-28-33(4)27-25-31-29(33)3;1-9-10(2)15(5,6)12(13-9)7-8-14(4)11(3)16;1-8-10-4-6-12(8,3)7-5-11-9(2)13;2*1-6(3,4)5-2;;;;;;;;;;;;;;;;;;;;/h1H,6,25-28H2,2-4H3;9-10H,7-8H2,1-6H3;4-7H2,1-3H3;2*2H,1H3;20*1H/q2*+1;;;;;;;;;;;;;;;;;;;;;;;/p-2. The maximum atomic E-state index is 12.3. The van der Waals surface area contributed by atoms with E-state index >= 15 is 0 Å². The molecule has 4 atom stereocenters. The Morgan fingerprint density at radius 1 is 0.724 bits per heavy atom. The summed E-state index contributed by atoms with van der Waals surface area (Å²) in [7, 11) is 3.09. The molecule has 0 saturated heterocycles. The molecule has 448 valence electrons. The Balaban J connectivity index is -0.0000000376. The lowest BCUT2D eigenvalue weighted by molar-refractivity contribution is -0.820. The molecule has 0 saturated carbocycles. The van der Waals surface area contributed by atoms with Crippen LogP contribution in [0, 0.1) is 119 Å². The monoisotopic (exact) mass is 1140 g/mol. The van der Waals surface area contributed by atoms with Gasteiger partial charge in [0.2, 0.25) is 11.8 Å². The van der Waals surface area contributed by atoms with Crippen LogP contribution < -0.4 is 28.2 Å². The number of amidine groups is 3. The van der Waals surface area contributed by atoms with Gasteiger partial charge in [0.15, 0.2) is 17.5 Å². The molecular formula is C53H106ClN9O11S2. The first kappa shape index (κ1) is 73.2. The fourth-order valence-corrected chi connectivity index (χ4v) is 6.01. The summed E-state index contributed by atoms with van der Waals surface area (Å²) < 4.78 is 45.7. The van der Waals surface area contributed by atoms with Crippen molar-refractivity contribution in [2.45, 2.75) is 67.0 Å². The lowest BCUT2D eigenvalue weighted by Gasteiger charge is -2.31. The maximum Gasteiger partial charge on any atom is 0.299 e. The second kappa shape index (κ2) is 38.5. The number of nitrogens with one attached hydrogen (secondary N) is 1. The molecule has 3 aliphatic rings. The van der Waals surface area contributed by atoms with Gasteiger partial charge < -0.3 is 46.7 Å². The van der Waals surface area contributed by atoms with Crippen molar-refractivity contribution in [2.75, 3.05) is 113 Å². The van der Waals surface area contributed by atoms with E-state index in [0.29, 0.717) is 37.7 Å². The predicted molar refractivity (Wildman–Crippen MR) is 326 cm³/mol. The first-order valence-electron chi connectivity index (χ1n) is 22.8. The minimum absolute atomic E-state index is 0. The predicted octanol–water partition coefficient (Wildman–Crippen LogP) is -0.348. The number of hydrogen-bond acceptors (Lipinski definition) is 14. The number of amides is 3. The minimum Gasteiger partial charge on any atom is -1.00 e. The van der Waals surface area contributed by atoms with Gasteiger partial charge in [0.05, 0.1) is 73.3 Å². The van der Waals surface area contributed by atoms with Gasteiger partial charge >= 0.3 is 0 Å². The van der Waals surface area contributed by atoms with Crippen LogP contribution in [-0.4, -0.2) is 201 Å². The molecule has 3 amide bonds. The summed E-state index contributed by atoms with van der Waals surface area (Å²) in [5.74, 6) is 50.3. The second-order valence-corrected chi connectivity index (χ2v) is 20.2. The lowest BCUT2D eigenvalue weighted by Crippen LogP contribution is -3.00. The van der Waals surface area contributed by atoms with Crippen LogP contribution in [0.1, 0.15) is 82.0 Å². The number of likely N-dealkylation sites (N-methyl/N-ethyl adjacent to an activating group) is 4. The number of carbonyl (C=O) groups is 3. The molecule has 76 heavy (non-hydrogen) atoms. The third-order valence-electron chi connectivity index (χ3n) is 11.4. The molecule has 0 aromatic carbocycles. The van der Waals surface area contributed by atoms with E-state index in [4.69, 9.17) is 21.9 Å². The van der Waals surface area contributed by atoms with Crippen LogP contribution in [0.4, 0.5) is 0 Å². The Bertz CT molecular complexity index is 3030. The minimum atomic E-state index is -3.72. The molecule has 3 rings (SSSR count). The van der Waals surface area contributed by atoms with Crippen LogP contribution in [-0.2, 0) is 43.3 Å². The van der Waals surface area contributed by atoms with E-state index < -0.39 is 20.2 Å². The van der Waals surface area contributed by atoms with Crippen molar-refractivity contribution in [3.63, 3.8) is 0 Å². The second-order valence-electron chi connectivity index (χ2n) is 17.1. The summed E-state index contributed by atoms with van der Waals surface area (Å²) in [5.41, 5.74) is 0. The van der Waals surface area contributed by atoms with Crippen molar-refractivity contribution in [1.82, 2.24) is 15.1 Å². The molecule has 23 heteroatoms. The van der Waals surface area contributed by atoms with E-state index in [1.54, 1.807) is 23.6 Å². The molecule has 0 bridgehead atoms. The van der Waals surface area contributed by atoms with E-state index in [1.807, 2.05) is 20.9 Å². The molecule has 0 spiro atoms. The van der Waals surface area contributed by atoms with Crippen molar-refractivity contribution in [2.24, 2.45) is 15.0 Å². The molecule has 0 aromatic heterocycles. The smallest absolute Gasteiger partial charge is 0.299 e. The highest BCUT2D eigenvalue weighted by Gasteiger charge is 2.40. The highest BCUT2D eigenvalue weighted by atomic mass is 35.5. The van der Waals surface area contributed by atoms with Crippen LogP contribution in [0.3, 0.4) is 0 Å². The van der Waals surface area contributed by atoms with Gasteiger partial charge in [0, 0.05) is 92.7 Å². The summed E-state index contributed by atoms with van der Waals surface area (Å²) in [6, 6.07) is 0.908. The largest absolute Gasteiger partial charge is 1.00 e. The number of terminal acetylenes is 1. The third-order valence-corrected chi connectivity index (χ3v) is 11.9. The van der Waals surface area contributed by atoms with Gasteiger partial charge in [-0.3, -0.25) is 27.8 Å². The zero-order chi connectivity index (χ0) is 57.7. The average Bonchev–Trinajstić information content (AvgIpc) is 3.93. The van der Waals surface area contributed by atoms with Crippen LogP contribution in [0.2, 0.25) is 0 Å².